The van der Waals surface area contributed by atoms with Crippen LogP contribution in [0.15, 0.2) is 44.2 Å². The van der Waals surface area contributed by atoms with Gasteiger partial charge in [-0.2, -0.15) is 0 Å². The first-order valence-electron chi connectivity index (χ1n) is 5.41. The van der Waals surface area contributed by atoms with Crippen LogP contribution in [0.5, 0.6) is 0 Å². The van der Waals surface area contributed by atoms with Gasteiger partial charge in [-0.25, -0.2) is 4.79 Å². The van der Waals surface area contributed by atoms with Gasteiger partial charge in [-0.15, -0.1) is 0 Å². The van der Waals surface area contributed by atoms with Crippen molar-refractivity contribution in [3.63, 3.8) is 0 Å². The second kappa shape index (κ2) is 5.01. The van der Waals surface area contributed by atoms with Gasteiger partial charge < -0.3 is 13.6 Å². The fourth-order valence-corrected chi connectivity index (χ4v) is 1.55. The normalized spacial score (nSPS) is 12.6. The van der Waals surface area contributed by atoms with Gasteiger partial charge in [-0.05, 0) is 37.6 Å². The maximum Gasteiger partial charge on any atom is 0.336 e. The molecule has 0 spiro atoms. The Labute approximate surface area is 98.8 Å². The number of hydrogen-bond acceptors (Lipinski definition) is 4. The summed E-state index contributed by atoms with van der Waals surface area (Å²) >= 11 is 0. The van der Waals surface area contributed by atoms with E-state index in [1.165, 1.54) is 6.07 Å². The lowest BCUT2D eigenvalue weighted by Gasteiger charge is -2.09. The molecule has 1 atom stereocenters. The monoisotopic (exact) mass is 234 g/mol. The van der Waals surface area contributed by atoms with E-state index in [1.54, 1.807) is 12.3 Å². The van der Waals surface area contributed by atoms with E-state index in [0.717, 1.165) is 11.3 Å². The highest BCUT2D eigenvalue weighted by atomic mass is 16.5. The number of rotatable bonds is 4. The molecule has 2 rings (SSSR count). The van der Waals surface area contributed by atoms with Crippen LogP contribution in [-0.4, -0.2) is 0 Å². The summed E-state index contributed by atoms with van der Waals surface area (Å²) in [6, 6.07) is 6.88. The highest BCUT2D eigenvalue weighted by Gasteiger charge is 2.09. The summed E-state index contributed by atoms with van der Waals surface area (Å²) in [5.74, 6) is 1.27. The van der Waals surface area contributed by atoms with Gasteiger partial charge in [-0.1, -0.05) is 0 Å². The van der Waals surface area contributed by atoms with Gasteiger partial charge in [0.25, 0.3) is 0 Å². The van der Waals surface area contributed by atoms with Crippen molar-refractivity contribution in [1.82, 2.24) is 0 Å². The predicted molar refractivity (Wildman–Crippen MR) is 61.6 cm³/mol. The molecule has 0 saturated heterocycles. The summed E-state index contributed by atoms with van der Waals surface area (Å²) < 4.78 is 15.8. The Morgan fingerprint density at radius 3 is 2.88 bits per heavy atom. The molecule has 4 nitrogen and oxygen atoms in total. The molecule has 1 unspecified atom stereocenters. The molecule has 0 saturated carbocycles. The standard InChI is InChI=1S/C13H14O4/c1-9-6-11(17-13(14)7-9)8-16-10(2)12-4-3-5-15-12/h3-7,10H,8H2,1-2H3. The third-order valence-corrected chi connectivity index (χ3v) is 2.39. The lowest BCUT2D eigenvalue weighted by atomic mass is 10.2. The van der Waals surface area contributed by atoms with Crippen molar-refractivity contribution < 1.29 is 13.6 Å². The molecule has 0 bridgehead atoms. The number of hydrogen-bond donors (Lipinski definition) is 0. The van der Waals surface area contributed by atoms with Crippen molar-refractivity contribution in [2.45, 2.75) is 26.6 Å². The van der Waals surface area contributed by atoms with Gasteiger partial charge in [0.15, 0.2) is 0 Å². The second-order valence-corrected chi connectivity index (χ2v) is 3.89. The van der Waals surface area contributed by atoms with Crippen molar-refractivity contribution in [2.24, 2.45) is 0 Å². The van der Waals surface area contributed by atoms with Crippen LogP contribution in [0.4, 0.5) is 0 Å². The molecule has 0 amide bonds. The molecule has 0 radical (unpaired) electrons. The Kier molecular flexibility index (Phi) is 3.44. The minimum Gasteiger partial charge on any atom is -0.467 e. The Morgan fingerprint density at radius 1 is 1.41 bits per heavy atom. The molecule has 0 aliphatic rings. The maximum atomic E-state index is 11.1. The third kappa shape index (κ3) is 3.07. The van der Waals surface area contributed by atoms with Crippen LogP contribution in [0, 0.1) is 6.92 Å². The molecule has 0 aliphatic carbocycles. The topological polar surface area (TPSA) is 52.6 Å². The van der Waals surface area contributed by atoms with Crippen molar-refractivity contribution in [2.75, 3.05) is 0 Å². The van der Waals surface area contributed by atoms with Crippen LogP contribution in [0.25, 0.3) is 0 Å². The van der Waals surface area contributed by atoms with Gasteiger partial charge in [-0.3, -0.25) is 0 Å². The van der Waals surface area contributed by atoms with Gasteiger partial charge in [0.2, 0.25) is 0 Å². The zero-order valence-corrected chi connectivity index (χ0v) is 9.80. The van der Waals surface area contributed by atoms with E-state index >= 15 is 0 Å². The maximum absolute atomic E-state index is 11.1. The average molecular weight is 234 g/mol. The van der Waals surface area contributed by atoms with Crippen molar-refractivity contribution >= 4 is 0 Å². The number of furan rings is 1. The molecule has 0 aromatic carbocycles. The Balaban J connectivity index is 2.00. The van der Waals surface area contributed by atoms with Gasteiger partial charge >= 0.3 is 5.63 Å². The quantitative estimate of drug-likeness (QED) is 0.816. The summed E-state index contributed by atoms with van der Waals surface area (Å²) in [5.41, 5.74) is 0.514. The fraction of sp³-hybridized carbons (Fsp3) is 0.308. The molecular weight excluding hydrogens is 220 g/mol. The van der Waals surface area contributed by atoms with E-state index in [2.05, 4.69) is 0 Å². The highest BCUT2D eigenvalue weighted by Crippen LogP contribution is 2.18. The van der Waals surface area contributed by atoms with Crippen LogP contribution < -0.4 is 5.63 Å². The highest BCUT2D eigenvalue weighted by molar-refractivity contribution is 5.11. The SMILES string of the molecule is Cc1cc(COC(C)c2ccco2)oc(=O)c1. The average Bonchev–Trinajstić information content (AvgIpc) is 2.78. The first-order chi connectivity index (χ1) is 8.15. The number of aryl methyl sites for hydroxylation is 1. The van der Waals surface area contributed by atoms with Crippen LogP contribution in [0.1, 0.15) is 30.1 Å². The molecule has 0 N–H and O–H groups in total. The molecule has 2 aromatic heterocycles. The van der Waals surface area contributed by atoms with Gasteiger partial charge in [0, 0.05) is 6.07 Å². The van der Waals surface area contributed by atoms with Crippen LogP contribution in [0.2, 0.25) is 0 Å². The smallest absolute Gasteiger partial charge is 0.336 e. The zero-order chi connectivity index (χ0) is 12.3. The second-order valence-electron chi connectivity index (χ2n) is 3.89. The Bertz CT molecular complexity index is 525. The van der Waals surface area contributed by atoms with E-state index in [1.807, 2.05) is 26.0 Å². The first-order valence-corrected chi connectivity index (χ1v) is 5.41. The Morgan fingerprint density at radius 2 is 2.24 bits per heavy atom. The van der Waals surface area contributed by atoms with E-state index in [-0.39, 0.29) is 18.3 Å². The molecule has 90 valence electrons. The molecule has 17 heavy (non-hydrogen) atoms. The van der Waals surface area contributed by atoms with E-state index in [0.29, 0.717) is 5.76 Å². The molecule has 0 aliphatic heterocycles. The van der Waals surface area contributed by atoms with Crippen molar-refractivity contribution in [1.29, 1.82) is 0 Å². The molecular formula is C13H14O4. The summed E-state index contributed by atoms with van der Waals surface area (Å²) in [7, 11) is 0. The van der Waals surface area contributed by atoms with Crippen LogP contribution in [-0.2, 0) is 11.3 Å². The van der Waals surface area contributed by atoms with Crippen molar-refractivity contribution in [3.8, 4) is 0 Å². The van der Waals surface area contributed by atoms with Gasteiger partial charge in [0.1, 0.15) is 24.2 Å². The molecule has 4 heteroatoms. The fourth-order valence-electron chi connectivity index (χ4n) is 1.55. The third-order valence-electron chi connectivity index (χ3n) is 2.39. The predicted octanol–water partition coefficient (Wildman–Crippen LogP) is 2.82. The van der Waals surface area contributed by atoms with Crippen LogP contribution >= 0.6 is 0 Å². The minimum atomic E-state index is -0.353. The molecule has 0 fully saturated rings. The Hall–Kier alpha value is -1.81. The minimum absolute atomic E-state index is 0.171. The van der Waals surface area contributed by atoms with Gasteiger partial charge in [0.05, 0.1) is 6.26 Å². The first kappa shape index (κ1) is 11.7. The lowest BCUT2D eigenvalue weighted by molar-refractivity contribution is 0.0272. The number of ether oxygens (including phenoxy) is 1. The lowest BCUT2D eigenvalue weighted by Crippen LogP contribution is -2.04. The zero-order valence-electron chi connectivity index (χ0n) is 9.80. The largest absolute Gasteiger partial charge is 0.467 e. The summed E-state index contributed by atoms with van der Waals surface area (Å²) in [6.45, 7) is 3.97. The van der Waals surface area contributed by atoms with E-state index in [9.17, 15) is 4.79 Å². The summed E-state index contributed by atoms with van der Waals surface area (Å²) in [6.07, 6.45) is 1.43. The van der Waals surface area contributed by atoms with E-state index in [4.69, 9.17) is 13.6 Å². The van der Waals surface area contributed by atoms with Crippen LogP contribution in [0.3, 0.4) is 0 Å². The molecule has 2 aromatic rings. The summed E-state index contributed by atoms with van der Waals surface area (Å²) in [4.78, 5) is 11.1. The van der Waals surface area contributed by atoms with E-state index < -0.39 is 0 Å². The molecule has 2 heterocycles. The van der Waals surface area contributed by atoms with Crippen molar-refractivity contribution in [3.05, 3.63) is 58.0 Å². The summed E-state index contributed by atoms with van der Waals surface area (Å²) in [5, 5.41) is 0.